The van der Waals surface area contributed by atoms with E-state index in [2.05, 4.69) is 22.8 Å². The molecule has 0 aliphatic carbocycles. The molecule has 0 fully saturated rings. The minimum absolute atomic E-state index is 0.158. The van der Waals surface area contributed by atoms with Crippen molar-refractivity contribution in [2.75, 3.05) is 7.11 Å². The van der Waals surface area contributed by atoms with Crippen LogP contribution in [0.4, 0.5) is 0 Å². The molecule has 0 saturated heterocycles. The number of amidine groups is 1. The third-order valence-electron chi connectivity index (χ3n) is 6.84. The molecule has 6 nitrogen and oxygen atoms in total. The van der Waals surface area contributed by atoms with Crippen LogP contribution in [0.1, 0.15) is 38.6 Å². The lowest BCUT2D eigenvalue weighted by Crippen LogP contribution is -2.15. The molecule has 0 radical (unpaired) electrons. The van der Waals surface area contributed by atoms with Gasteiger partial charge in [-0.15, -0.1) is 11.3 Å². The second-order valence-electron chi connectivity index (χ2n) is 9.31. The zero-order chi connectivity index (χ0) is 26.6. The molecule has 194 valence electrons. The molecule has 38 heavy (non-hydrogen) atoms. The second kappa shape index (κ2) is 11.4. The van der Waals surface area contributed by atoms with Gasteiger partial charge in [-0.3, -0.25) is 10.2 Å². The van der Waals surface area contributed by atoms with Crippen LogP contribution in [0.25, 0.3) is 21.1 Å². The lowest BCUT2D eigenvalue weighted by atomic mass is 9.99. The smallest absolute Gasteiger partial charge is 0.150 e. The van der Waals surface area contributed by atoms with Gasteiger partial charge in [0, 0.05) is 52.6 Å². The molecular formula is C30H29ClN4O2S. The van der Waals surface area contributed by atoms with Gasteiger partial charge in [0.15, 0.2) is 0 Å². The number of nitrogens with two attached hydrogens (primary N) is 1. The number of fused-ring (bicyclic) bond motifs is 2. The van der Waals surface area contributed by atoms with E-state index in [4.69, 9.17) is 32.5 Å². The van der Waals surface area contributed by atoms with Gasteiger partial charge in [0.2, 0.25) is 0 Å². The predicted molar refractivity (Wildman–Crippen MR) is 156 cm³/mol. The Morgan fingerprint density at radius 1 is 1.08 bits per heavy atom. The number of methoxy groups -OCH3 is 1. The van der Waals surface area contributed by atoms with Crippen LogP contribution < -0.4 is 10.5 Å². The molecule has 0 spiro atoms. The summed E-state index contributed by atoms with van der Waals surface area (Å²) in [6.07, 6.45) is 4.60. The number of nitrogens with one attached hydrogen (secondary N) is 1. The number of carbonyl (C=O) groups is 1. The van der Waals surface area contributed by atoms with Gasteiger partial charge in [-0.05, 0) is 72.9 Å². The van der Waals surface area contributed by atoms with Crippen LogP contribution in [-0.2, 0) is 32.2 Å². The molecule has 2 aromatic heterocycles. The number of nitrogens with zero attached hydrogens (tertiary/aromatic N) is 2. The van der Waals surface area contributed by atoms with Gasteiger partial charge in [0.25, 0.3) is 0 Å². The van der Waals surface area contributed by atoms with Crippen LogP contribution in [0.2, 0.25) is 5.02 Å². The molecule has 5 aromatic rings. The molecule has 3 aromatic carbocycles. The quantitative estimate of drug-likeness (QED) is 0.111. The van der Waals surface area contributed by atoms with Gasteiger partial charge in [0.05, 0.1) is 28.2 Å². The number of halogens is 1. The minimum atomic E-state index is 0.158. The lowest BCUT2D eigenvalue weighted by Gasteiger charge is -2.12. The third kappa shape index (κ3) is 5.59. The Labute approximate surface area is 230 Å². The number of carbonyl (C=O) groups excluding carboxylic acids is 1. The summed E-state index contributed by atoms with van der Waals surface area (Å²) in [7, 11) is 1.66. The van der Waals surface area contributed by atoms with E-state index in [1.807, 2.05) is 42.5 Å². The maximum absolute atomic E-state index is 11.6. The summed E-state index contributed by atoms with van der Waals surface area (Å²) in [5.74, 6) is 0.958. The van der Waals surface area contributed by atoms with Crippen LogP contribution in [0.15, 0.2) is 60.7 Å². The van der Waals surface area contributed by atoms with Crippen LogP contribution in [0.5, 0.6) is 5.75 Å². The number of aryl methyl sites for hydroxylation is 4. The Morgan fingerprint density at radius 2 is 1.89 bits per heavy atom. The fraction of sp³-hybridized carbons (Fsp3) is 0.233. The standard InChI is InChI=1S/C30H29ClN4O2S/c1-37-22-8-12-28-25(17-22)34-30(38-28)13-11-26-23(9-4-19-2-6-21(31)7-3-19)24-16-20(18-36)5-10-27(24)35(26)15-14-29(32)33/h2-3,5-8,10,12,16-18H,4,9,11,13-15H2,1H3,(H3,32,33). The van der Waals surface area contributed by atoms with Gasteiger partial charge in [-0.1, -0.05) is 23.7 Å². The van der Waals surface area contributed by atoms with Crippen molar-refractivity contribution in [3.63, 3.8) is 0 Å². The van der Waals surface area contributed by atoms with Crippen molar-refractivity contribution >= 4 is 56.2 Å². The maximum atomic E-state index is 11.6. The van der Waals surface area contributed by atoms with E-state index in [1.165, 1.54) is 16.8 Å². The maximum Gasteiger partial charge on any atom is 0.150 e. The molecule has 0 amide bonds. The van der Waals surface area contributed by atoms with Gasteiger partial charge < -0.3 is 15.0 Å². The first-order chi connectivity index (χ1) is 18.4. The van der Waals surface area contributed by atoms with Gasteiger partial charge in [0.1, 0.15) is 12.0 Å². The molecule has 0 bridgehead atoms. The first-order valence-electron chi connectivity index (χ1n) is 12.5. The van der Waals surface area contributed by atoms with Crippen LogP contribution in [0.3, 0.4) is 0 Å². The largest absolute Gasteiger partial charge is 0.497 e. The normalized spacial score (nSPS) is 11.3. The monoisotopic (exact) mass is 544 g/mol. The first-order valence-corrected chi connectivity index (χ1v) is 13.7. The average Bonchev–Trinajstić information content (AvgIpc) is 3.47. The zero-order valence-corrected chi connectivity index (χ0v) is 22.7. The number of ether oxygens (including phenoxy) is 1. The van der Waals surface area contributed by atoms with Crippen molar-refractivity contribution in [1.29, 1.82) is 5.41 Å². The van der Waals surface area contributed by atoms with Crippen LogP contribution in [-0.4, -0.2) is 28.8 Å². The topological polar surface area (TPSA) is 94.0 Å². The molecule has 0 aliphatic rings. The molecule has 0 unspecified atom stereocenters. The molecule has 0 saturated carbocycles. The number of thiazole rings is 1. The summed E-state index contributed by atoms with van der Waals surface area (Å²) in [6.45, 7) is 0.611. The van der Waals surface area contributed by atoms with Crippen molar-refractivity contribution in [1.82, 2.24) is 9.55 Å². The van der Waals surface area contributed by atoms with E-state index in [0.29, 0.717) is 18.5 Å². The van der Waals surface area contributed by atoms with E-state index >= 15 is 0 Å². The van der Waals surface area contributed by atoms with Gasteiger partial charge >= 0.3 is 0 Å². The van der Waals surface area contributed by atoms with Crippen molar-refractivity contribution in [3.05, 3.63) is 93.1 Å². The van der Waals surface area contributed by atoms with Gasteiger partial charge in [-0.2, -0.15) is 0 Å². The highest BCUT2D eigenvalue weighted by Gasteiger charge is 2.19. The summed E-state index contributed by atoms with van der Waals surface area (Å²) < 4.78 is 8.77. The number of hydrogen-bond donors (Lipinski definition) is 2. The summed E-state index contributed by atoms with van der Waals surface area (Å²) >= 11 is 7.80. The Hall–Kier alpha value is -3.68. The Balaban J connectivity index is 1.53. The van der Waals surface area contributed by atoms with Crippen LogP contribution >= 0.6 is 22.9 Å². The van der Waals surface area contributed by atoms with E-state index in [0.717, 1.165) is 68.9 Å². The molecular weight excluding hydrogens is 516 g/mol. The Kier molecular flexibility index (Phi) is 7.77. The number of hydrogen-bond acceptors (Lipinski definition) is 5. The predicted octanol–water partition coefficient (Wildman–Crippen LogP) is 6.62. The number of aromatic nitrogens is 2. The molecule has 0 atom stereocenters. The van der Waals surface area contributed by atoms with Crippen molar-refractivity contribution in [3.8, 4) is 5.75 Å². The van der Waals surface area contributed by atoms with Crippen LogP contribution in [0, 0.1) is 5.41 Å². The second-order valence-corrected chi connectivity index (χ2v) is 10.9. The third-order valence-corrected chi connectivity index (χ3v) is 8.19. The van der Waals surface area contributed by atoms with E-state index in [-0.39, 0.29) is 5.84 Å². The van der Waals surface area contributed by atoms with Crippen molar-refractivity contribution in [2.45, 2.75) is 38.6 Å². The highest BCUT2D eigenvalue weighted by Crippen LogP contribution is 2.32. The molecule has 5 rings (SSSR count). The minimum Gasteiger partial charge on any atom is -0.497 e. The summed E-state index contributed by atoms with van der Waals surface area (Å²) in [5, 5.41) is 10.7. The first kappa shape index (κ1) is 25.9. The number of aldehydes is 1. The van der Waals surface area contributed by atoms with E-state index < -0.39 is 0 Å². The van der Waals surface area contributed by atoms with E-state index in [9.17, 15) is 4.79 Å². The van der Waals surface area contributed by atoms with Gasteiger partial charge in [-0.25, -0.2) is 4.98 Å². The highest BCUT2D eigenvalue weighted by atomic mass is 35.5. The molecule has 3 N–H and O–H groups in total. The number of benzene rings is 3. The fourth-order valence-electron chi connectivity index (χ4n) is 4.95. The molecule has 2 heterocycles. The average molecular weight is 545 g/mol. The zero-order valence-electron chi connectivity index (χ0n) is 21.2. The van der Waals surface area contributed by atoms with Crippen molar-refractivity contribution < 1.29 is 9.53 Å². The summed E-state index contributed by atoms with van der Waals surface area (Å²) in [6, 6.07) is 19.8. The number of rotatable bonds is 11. The van der Waals surface area contributed by atoms with E-state index in [1.54, 1.807) is 18.4 Å². The molecule has 0 aliphatic heterocycles. The lowest BCUT2D eigenvalue weighted by molar-refractivity contribution is 0.112. The fourth-order valence-corrected chi connectivity index (χ4v) is 6.03. The highest BCUT2D eigenvalue weighted by molar-refractivity contribution is 7.18. The Morgan fingerprint density at radius 3 is 2.63 bits per heavy atom. The van der Waals surface area contributed by atoms with Crippen molar-refractivity contribution in [2.24, 2.45) is 5.73 Å². The SMILES string of the molecule is COc1ccc2sc(CCc3c(CCc4ccc(Cl)cc4)c4cc(C=O)ccc4n3CCC(=N)N)nc2c1. The summed E-state index contributed by atoms with van der Waals surface area (Å²) in [5.41, 5.74) is 12.1. The molecule has 8 heteroatoms. The Bertz CT molecular complexity index is 1620. The summed E-state index contributed by atoms with van der Waals surface area (Å²) in [4.78, 5) is 16.5.